The molecule has 4 rings (SSSR count). The molecule has 0 atom stereocenters. The second kappa shape index (κ2) is 7.20. The molecule has 5 heteroatoms. The van der Waals surface area contributed by atoms with Gasteiger partial charge in [-0.05, 0) is 41.7 Å². The van der Waals surface area contributed by atoms with Crippen LogP contribution < -0.4 is 5.32 Å². The minimum Gasteiger partial charge on any atom is -0.339 e. The molecular weight excluding hydrogens is 326 g/mol. The van der Waals surface area contributed by atoms with Crippen LogP contribution in [0.2, 0.25) is 0 Å². The second-order valence-electron chi connectivity index (χ2n) is 6.98. The zero-order chi connectivity index (χ0) is 17.9. The minimum absolute atomic E-state index is 0.0718. The van der Waals surface area contributed by atoms with E-state index in [9.17, 15) is 9.59 Å². The molecule has 134 valence electrons. The molecule has 2 aromatic carbocycles. The molecular formula is C21H23N3O2. The summed E-state index contributed by atoms with van der Waals surface area (Å²) in [4.78, 5) is 28.7. The monoisotopic (exact) mass is 349 g/mol. The van der Waals surface area contributed by atoms with E-state index < -0.39 is 0 Å². The van der Waals surface area contributed by atoms with Crippen LogP contribution in [0.25, 0.3) is 0 Å². The number of likely N-dealkylation sites (tertiary alicyclic amines) is 1. The number of hydrogen-bond donors (Lipinski definition) is 1. The summed E-state index contributed by atoms with van der Waals surface area (Å²) in [6.45, 7) is 3.41. The van der Waals surface area contributed by atoms with E-state index in [-0.39, 0.29) is 11.9 Å². The van der Waals surface area contributed by atoms with Crippen molar-refractivity contribution < 1.29 is 9.59 Å². The summed E-state index contributed by atoms with van der Waals surface area (Å²) < 4.78 is 0. The van der Waals surface area contributed by atoms with Crippen molar-refractivity contribution in [1.29, 1.82) is 0 Å². The van der Waals surface area contributed by atoms with Gasteiger partial charge in [0.15, 0.2) is 0 Å². The van der Waals surface area contributed by atoms with Gasteiger partial charge >= 0.3 is 6.03 Å². The lowest BCUT2D eigenvalue weighted by atomic mass is 10.1. The van der Waals surface area contributed by atoms with Crippen LogP contribution in [0.4, 0.5) is 4.79 Å². The van der Waals surface area contributed by atoms with Crippen molar-refractivity contribution in [3.05, 3.63) is 70.8 Å². The highest BCUT2D eigenvalue weighted by molar-refractivity contribution is 5.94. The maximum atomic E-state index is 12.5. The lowest BCUT2D eigenvalue weighted by Gasteiger charge is -2.17. The number of amides is 3. The van der Waals surface area contributed by atoms with Gasteiger partial charge in [-0.2, -0.15) is 0 Å². The fourth-order valence-corrected chi connectivity index (χ4v) is 3.68. The maximum Gasteiger partial charge on any atom is 0.318 e. The Morgan fingerprint density at radius 3 is 2.27 bits per heavy atom. The van der Waals surface area contributed by atoms with Crippen LogP contribution in [0, 0.1) is 0 Å². The molecule has 2 aliphatic rings. The second-order valence-corrected chi connectivity index (χ2v) is 6.98. The highest BCUT2D eigenvalue weighted by atomic mass is 16.2. The molecule has 1 fully saturated rings. The first-order chi connectivity index (χ1) is 12.7. The van der Waals surface area contributed by atoms with Gasteiger partial charge in [0.2, 0.25) is 0 Å². The van der Waals surface area contributed by atoms with Crippen molar-refractivity contribution >= 4 is 11.9 Å². The lowest BCUT2D eigenvalue weighted by Crippen LogP contribution is -2.36. The Labute approximate surface area is 153 Å². The van der Waals surface area contributed by atoms with E-state index in [1.165, 1.54) is 11.1 Å². The molecule has 2 aromatic rings. The molecule has 0 unspecified atom stereocenters. The van der Waals surface area contributed by atoms with Crippen LogP contribution in [0.15, 0.2) is 48.5 Å². The summed E-state index contributed by atoms with van der Waals surface area (Å²) in [5.41, 5.74) is 4.06. The number of hydrogen-bond acceptors (Lipinski definition) is 2. The third kappa shape index (κ3) is 3.43. The Bertz CT molecular complexity index is 803. The van der Waals surface area contributed by atoms with Gasteiger partial charge in [-0.25, -0.2) is 4.79 Å². The SMILES string of the molecule is O=C(NCc1cccc(C(=O)N2CCCC2)c1)N1Cc2ccccc2C1. The number of carbonyl (C=O) groups is 2. The van der Waals surface area contributed by atoms with Crippen LogP contribution in [-0.4, -0.2) is 34.8 Å². The first-order valence-electron chi connectivity index (χ1n) is 9.18. The number of benzene rings is 2. The summed E-state index contributed by atoms with van der Waals surface area (Å²) in [5, 5.41) is 2.97. The van der Waals surface area contributed by atoms with Crippen molar-refractivity contribution in [2.24, 2.45) is 0 Å². The number of nitrogens with zero attached hydrogens (tertiary/aromatic N) is 2. The van der Waals surface area contributed by atoms with Gasteiger partial charge in [0, 0.05) is 38.3 Å². The Morgan fingerprint density at radius 1 is 0.885 bits per heavy atom. The molecule has 5 nitrogen and oxygen atoms in total. The van der Waals surface area contributed by atoms with E-state index in [1.54, 1.807) is 0 Å². The molecule has 3 amide bonds. The predicted octanol–water partition coefficient (Wildman–Crippen LogP) is 3.15. The molecule has 0 bridgehead atoms. The molecule has 2 aliphatic heterocycles. The Morgan fingerprint density at radius 2 is 1.58 bits per heavy atom. The molecule has 2 heterocycles. The normalized spacial score (nSPS) is 15.8. The van der Waals surface area contributed by atoms with Crippen LogP contribution >= 0.6 is 0 Å². The van der Waals surface area contributed by atoms with Crippen molar-refractivity contribution in [2.75, 3.05) is 13.1 Å². The molecule has 0 saturated carbocycles. The fraction of sp³-hybridized carbons (Fsp3) is 0.333. The highest BCUT2D eigenvalue weighted by Crippen LogP contribution is 2.22. The van der Waals surface area contributed by atoms with Crippen LogP contribution in [0.1, 0.15) is 39.9 Å². The van der Waals surface area contributed by atoms with Gasteiger partial charge in [-0.3, -0.25) is 4.79 Å². The molecule has 1 saturated heterocycles. The minimum atomic E-state index is -0.0718. The molecule has 26 heavy (non-hydrogen) atoms. The highest BCUT2D eigenvalue weighted by Gasteiger charge is 2.23. The van der Waals surface area contributed by atoms with E-state index >= 15 is 0 Å². The molecule has 0 aromatic heterocycles. The summed E-state index contributed by atoms with van der Waals surface area (Å²) in [5.74, 6) is 0.0886. The molecule has 0 radical (unpaired) electrons. The third-order valence-electron chi connectivity index (χ3n) is 5.14. The van der Waals surface area contributed by atoms with Crippen LogP contribution in [0.3, 0.4) is 0 Å². The number of nitrogens with one attached hydrogen (secondary N) is 1. The zero-order valence-corrected chi connectivity index (χ0v) is 14.8. The maximum absolute atomic E-state index is 12.5. The average Bonchev–Trinajstić information content (AvgIpc) is 3.35. The van der Waals surface area contributed by atoms with E-state index in [2.05, 4.69) is 17.4 Å². The Kier molecular flexibility index (Phi) is 4.61. The number of rotatable bonds is 3. The van der Waals surface area contributed by atoms with Gasteiger partial charge < -0.3 is 15.1 Å². The standard InChI is InChI=1S/C21H23N3O2/c25-20(23-10-3-4-11-23)17-9-5-6-16(12-17)13-22-21(26)24-14-18-7-1-2-8-19(18)15-24/h1-2,5-9,12H,3-4,10-11,13-15H2,(H,22,26). The van der Waals surface area contributed by atoms with E-state index in [1.807, 2.05) is 46.2 Å². The van der Waals surface area contributed by atoms with Gasteiger partial charge in [-0.1, -0.05) is 36.4 Å². The fourth-order valence-electron chi connectivity index (χ4n) is 3.68. The van der Waals surface area contributed by atoms with Gasteiger partial charge in [-0.15, -0.1) is 0 Å². The average molecular weight is 349 g/mol. The largest absolute Gasteiger partial charge is 0.339 e. The zero-order valence-electron chi connectivity index (χ0n) is 14.8. The van der Waals surface area contributed by atoms with Crippen LogP contribution in [0.5, 0.6) is 0 Å². The van der Waals surface area contributed by atoms with Crippen LogP contribution in [-0.2, 0) is 19.6 Å². The van der Waals surface area contributed by atoms with Crippen molar-refractivity contribution in [1.82, 2.24) is 15.1 Å². The smallest absolute Gasteiger partial charge is 0.318 e. The van der Waals surface area contributed by atoms with Gasteiger partial charge in [0.1, 0.15) is 0 Å². The summed E-state index contributed by atoms with van der Waals surface area (Å²) in [6.07, 6.45) is 2.17. The van der Waals surface area contributed by atoms with Crippen molar-refractivity contribution in [2.45, 2.75) is 32.5 Å². The quantitative estimate of drug-likeness (QED) is 0.925. The Balaban J connectivity index is 1.35. The topological polar surface area (TPSA) is 52.7 Å². The van der Waals surface area contributed by atoms with Gasteiger partial charge in [0.05, 0.1) is 0 Å². The first-order valence-corrected chi connectivity index (χ1v) is 9.18. The summed E-state index contributed by atoms with van der Waals surface area (Å²) >= 11 is 0. The third-order valence-corrected chi connectivity index (χ3v) is 5.14. The molecule has 1 N–H and O–H groups in total. The van der Waals surface area contributed by atoms with Crippen molar-refractivity contribution in [3.8, 4) is 0 Å². The first kappa shape index (κ1) is 16.6. The number of fused-ring (bicyclic) bond motifs is 1. The van der Waals surface area contributed by atoms with E-state index in [0.717, 1.165) is 31.5 Å². The number of urea groups is 1. The van der Waals surface area contributed by atoms with E-state index in [4.69, 9.17) is 0 Å². The predicted molar refractivity (Wildman–Crippen MR) is 99.5 cm³/mol. The summed E-state index contributed by atoms with van der Waals surface area (Å²) in [7, 11) is 0. The molecule has 0 spiro atoms. The molecule has 0 aliphatic carbocycles. The summed E-state index contributed by atoms with van der Waals surface area (Å²) in [6, 6.07) is 15.6. The number of carbonyl (C=O) groups excluding carboxylic acids is 2. The van der Waals surface area contributed by atoms with E-state index in [0.29, 0.717) is 25.2 Å². The van der Waals surface area contributed by atoms with Gasteiger partial charge in [0.25, 0.3) is 5.91 Å². The Hall–Kier alpha value is -2.82. The van der Waals surface area contributed by atoms with Crippen molar-refractivity contribution in [3.63, 3.8) is 0 Å². The lowest BCUT2D eigenvalue weighted by molar-refractivity contribution is 0.0792.